The Balaban J connectivity index is 1.79. The molecule has 0 aromatic heterocycles. The zero-order chi connectivity index (χ0) is 14.8. The van der Waals surface area contributed by atoms with E-state index in [4.69, 9.17) is 16.9 Å². The minimum absolute atomic E-state index is 0.0896. The molecule has 1 atom stereocenters. The summed E-state index contributed by atoms with van der Waals surface area (Å²) in [6.07, 6.45) is 0. The van der Waals surface area contributed by atoms with E-state index in [0.29, 0.717) is 22.8 Å². The molecule has 1 amide bonds. The second-order valence-corrected chi connectivity index (χ2v) is 5.22. The predicted octanol–water partition coefficient (Wildman–Crippen LogP) is 3.36. The van der Waals surface area contributed by atoms with Gasteiger partial charge in [0, 0.05) is 17.9 Å². The molecule has 2 aromatic carbocycles. The number of halogens is 1. The minimum atomic E-state index is -0.226. The van der Waals surface area contributed by atoms with Gasteiger partial charge in [0.05, 0.1) is 16.5 Å². The molecular formula is C16H12ClN3O. The van der Waals surface area contributed by atoms with Gasteiger partial charge in [-0.2, -0.15) is 5.26 Å². The number of rotatable bonds is 2. The number of anilines is 2. The number of hydrogen-bond acceptors (Lipinski definition) is 3. The number of para-hydroxylation sites is 1. The van der Waals surface area contributed by atoms with Crippen LogP contribution in [0.2, 0.25) is 5.02 Å². The molecule has 1 heterocycles. The quantitative estimate of drug-likeness (QED) is 0.893. The summed E-state index contributed by atoms with van der Waals surface area (Å²) in [5.74, 6) is -0.316. The Labute approximate surface area is 127 Å². The number of fused-ring (bicyclic) bond motifs is 1. The van der Waals surface area contributed by atoms with Gasteiger partial charge < -0.3 is 10.6 Å². The first-order valence-corrected chi connectivity index (χ1v) is 6.90. The highest BCUT2D eigenvalue weighted by Gasteiger charge is 2.28. The zero-order valence-corrected chi connectivity index (χ0v) is 11.8. The van der Waals surface area contributed by atoms with Crippen LogP contribution in [0.25, 0.3) is 0 Å². The Hall–Kier alpha value is -2.51. The fraction of sp³-hybridized carbons (Fsp3) is 0.125. The normalized spacial score (nSPS) is 15.7. The number of hydrogen-bond donors (Lipinski definition) is 2. The molecule has 1 aliphatic rings. The van der Waals surface area contributed by atoms with Crippen molar-refractivity contribution in [3.63, 3.8) is 0 Å². The van der Waals surface area contributed by atoms with Gasteiger partial charge in [0.25, 0.3) is 0 Å². The van der Waals surface area contributed by atoms with Crippen molar-refractivity contribution < 1.29 is 4.79 Å². The summed E-state index contributed by atoms with van der Waals surface area (Å²) in [5, 5.41) is 15.2. The highest BCUT2D eigenvalue weighted by atomic mass is 35.5. The van der Waals surface area contributed by atoms with E-state index in [-0.39, 0.29) is 11.8 Å². The first kappa shape index (κ1) is 13.5. The number of carbonyl (C=O) groups is 1. The van der Waals surface area contributed by atoms with Crippen molar-refractivity contribution in [2.75, 3.05) is 17.2 Å². The van der Waals surface area contributed by atoms with E-state index in [0.717, 1.165) is 11.3 Å². The van der Waals surface area contributed by atoms with Crippen molar-refractivity contribution in [1.82, 2.24) is 0 Å². The molecule has 1 unspecified atom stereocenters. The second-order valence-electron chi connectivity index (χ2n) is 4.82. The molecule has 0 spiro atoms. The van der Waals surface area contributed by atoms with E-state index in [2.05, 4.69) is 10.6 Å². The van der Waals surface area contributed by atoms with E-state index in [1.807, 2.05) is 30.3 Å². The molecule has 3 rings (SSSR count). The maximum absolute atomic E-state index is 12.4. The summed E-state index contributed by atoms with van der Waals surface area (Å²) in [4.78, 5) is 12.4. The number of carbonyl (C=O) groups excluding carboxylic acids is 1. The Morgan fingerprint density at radius 2 is 2.14 bits per heavy atom. The molecule has 0 bridgehead atoms. The fourth-order valence-corrected chi connectivity index (χ4v) is 2.65. The molecule has 2 aromatic rings. The van der Waals surface area contributed by atoms with Gasteiger partial charge in [0.1, 0.15) is 6.07 Å². The summed E-state index contributed by atoms with van der Waals surface area (Å²) < 4.78 is 0. The SMILES string of the molecule is N#Cc1ccc(NC(=O)C2CNc3ccccc32)cc1Cl. The zero-order valence-electron chi connectivity index (χ0n) is 11.1. The Morgan fingerprint density at radius 1 is 1.33 bits per heavy atom. The van der Waals surface area contributed by atoms with Crippen LogP contribution < -0.4 is 10.6 Å². The van der Waals surface area contributed by atoms with Crippen LogP contribution in [0.1, 0.15) is 17.0 Å². The summed E-state index contributed by atoms with van der Waals surface area (Å²) in [5.41, 5.74) is 2.97. The van der Waals surface area contributed by atoms with E-state index in [1.165, 1.54) is 0 Å². The van der Waals surface area contributed by atoms with Gasteiger partial charge in [0.2, 0.25) is 5.91 Å². The first-order valence-electron chi connectivity index (χ1n) is 6.52. The maximum Gasteiger partial charge on any atom is 0.233 e. The Bertz CT molecular complexity index is 751. The lowest BCUT2D eigenvalue weighted by Crippen LogP contribution is -2.22. The molecule has 2 N–H and O–H groups in total. The van der Waals surface area contributed by atoms with Crippen LogP contribution in [0.4, 0.5) is 11.4 Å². The van der Waals surface area contributed by atoms with E-state index < -0.39 is 0 Å². The van der Waals surface area contributed by atoms with Gasteiger partial charge in [-0.25, -0.2) is 0 Å². The smallest absolute Gasteiger partial charge is 0.233 e. The largest absolute Gasteiger partial charge is 0.384 e. The van der Waals surface area contributed by atoms with Crippen LogP contribution in [0, 0.1) is 11.3 Å². The lowest BCUT2D eigenvalue weighted by molar-refractivity contribution is -0.117. The van der Waals surface area contributed by atoms with Gasteiger partial charge >= 0.3 is 0 Å². The van der Waals surface area contributed by atoms with Gasteiger partial charge in [-0.3, -0.25) is 4.79 Å². The lowest BCUT2D eigenvalue weighted by Gasteiger charge is -2.11. The third kappa shape index (κ3) is 2.56. The van der Waals surface area contributed by atoms with Crippen LogP contribution in [0.3, 0.4) is 0 Å². The summed E-state index contributed by atoms with van der Waals surface area (Å²) in [6.45, 7) is 0.579. The molecule has 5 heteroatoms. The van der Waals surface area contributed by atoms with Crippen LogP contribution in [-0.4, -0.2) is 12.5 Å². The Morgan fingerprint density at radius 3 is 2.90 bits per heavy atom. The number of amides is 1. The lowest BCUT2D eigenvalue weighted by atomic mass is 10.0. The van der Waals surface area contributed by atoms with Crippen molar-refractivity contribution in [2.45, 2.75) is 5.92 Å². The molecule has 0 radical (unpaired) electrons. The maximum atomic E-state index is 12.4. The van der Waals surface area contributed by atoms with Crippen molar-refractivity contribution in [2.24, 2.45) is 0 Å². The number of nitriles is 1. The fourth-order valence-electron chi connectivity index (χ4n) is 2.43. The molecule has 0 saturated heterocycles. The molecule has 1 aliphatic heterocycles. The average molecular weight is 298 g/mol. The van der Waals surface area contributed by atoms with Crippen molar-refractivity contribution in [1.29, 1.82) is 5.26 Å². The first-order chi connectivity index (χ1) is 10.2. The van der Waals surface area contributed by atoms with Gasteiger partial charge in [-0.05, 0) is 29.8 Å². The molecule has 21 heavy (non-hydrogen) atoms. The van der Waals surface area contributed by atoms with E-state index in [9.17, 15) is 4.79 Å². The van der Waals surface area contributed by atoms with Crippen LogP contribution in [0.5, 0.6) is 0 Å². The van der Waals surface area contributed by atoms with Crippen molar-refractivity contribution >= 4 is 28.9 Å². The minimum Gasteiger partial charge on any atom is -0.384 e. The van der Waals surface area contributed by atoms with Gasteiger partial charge in [-0.1, -0.05) is 29.8 Å². The number of nitrogens with zero attached hydrogens (tertiary/aromatic N) is 1. The van der Waals surface area contributed by atoms with Crippen molar-refractivity contribution in [3.05, 3.63) is 58.6 Å². The average Bonchev–Trinajstić information content (AvgIpc) is 2.91. The third-order valence-electron chi connectivity index (χ3n) is 3.51. The van der Waals surface area contributed by atoms with Crippen LogP contribution in [-0.2, 0) is 4.79 Å². The summed E-state index contributed by atoms with van der Waals surface area (Å²) in [7, 11) is 0. The van der Waals surface area contributed by atoms with E-state index in [1.54, 1.807) is 18.2 Å². The van der Waals surface area contributed by atoms with Crippen LogP contribution >= 0.6 is 11.6 Å². The van der Waals surface area contributed by atoms with Gasteiger partial charge in [-0.15, -0.1) is 0 Å². The highest BCUT2D eigenvalue weighted by Crippen LogP contribution is 2.32. The molecule has 4 nitrogen and oxygen atoms in total. The summed E-state index contributed by atoms with van der Waals surface area (Å²) >= 11 is 5.97. The van der Waals surface area contributed by atoms with Crippen LogP contribution in [0.15, 0.2) is 42.5 Å². The second kappa shape index (κ2) is 5.47. The topological polar surface area (TPSA) is 64.9 Å². The molecule has 0 fully saturated rings. The molecule has 0 aliphatic carbocycles. The summed E-state index contributed by atoms with van der Waals surface area (Å²) in [6, 6.07) is 14.6. The molecule has 104 valence electrons. The molecule has 0 saturated carbocycles. The van der Waals surface area contributed by atoms with Crippen molar-refractivity contribution in [3.8, 4) is 6.07 Å². The molecular weight excluding hydrogens is 286 g/mol. The monoisotopic (exact) mass is 297 g/mol. The highest BCUT2D eigenvalue weighted by molar-refractivity contribution is 6.32. The Kier molecular flexibility index (Phi) is 3.51. The van der Waals surface area contributed by atoms with Gasteiger partial charge in [0.15, 0.2) is 0 Å². The van der Waals surface area contributed by atoms with E-state index >= 15 is 0 Å². The standard InChI is InChI=1S/C16H12ClN3O/c17-14-7-11(6-5-10(14)8-18)20-16(21)13-9-19-15-4-2-1-3-12(13)15/h1-7,13,19H,9H2,(H,20,21). The predicted molar refractivity (Wildman–Crippen MR) is 82.5 cm³/mol. The third-order valence-corrected chi connectivity index (χ3v) is 3.82. The number of nitrogens with one attached hydrogen (secondary N) is 2. The number of benzene rings is 2.